The fourth-order valence-corrected chi connectivity index (χ4v) is 2.53. The van der Waals surface area contributed by atoms with Crippen LogP contribution in [0.4, 0.5) is 11.4 Å². The molecule has 0 saturated heterocycles. The maximum Gasteiger partial charge on any atom is 0.274 e. The number of halogens is 1. The van der Waals surface area contributed by atoms with Gasteiger partial charge in [-0.05, 0) is 18.9 Å². The fraction of sp³-hybridized carbons (Fsp3) is 0.364. The number of amides is 1. The van der Waals surface area contributed by atoms with Crippen LogP contribution in [0.15, 0.2) is 6.07 Å². The standard InChI is InChI=1S/C11H11ClN2O3/c1-6-8-3-4-13(7(2)15)11(8)9(12)5-10(6)14(16)17/h5H,3-4H2,1-2H3. The van der Waals surface area contributed by atoms with Crippen molar-refractivity contribution >= 4 is 28.9 Å². The van der Waals surface area contributed by atoms with Crippen molar-refractivity contribution in [1.29, 1.82) is 0 Å². The molecular weight excluding hydrogens is 244 g/mol. The van der Waals surface area contributed by atoms with Crippen LogP contribution in [0.3, 0.4) is 0 Å². The van der Waals surface area contributed by atoms with Crippen LogP contribution in [0.25, 0.3) is 0 Å². The third-order valence-corrected chi connectivity index (χ3v) is 3.33. The lowest BCUT2D eigenvalue weighted by atomic mass is 10.0. The van der Waals surface area contributed by atoms with Crippen LogP contribution in [-0.4, -0.2) is 17.4 Å². The normalized spacial score (nSPS) is 13.7. The van der Waals surface area contributed by atoms with E-state index in [2.05, 4.69) is 0 Å². The second-order valence-corrected chi connectivity index (χ2v) is 4.41. The van der Waals surface area contributed by atoms with E-state index in [1.807, 2.05) is 0 Å². The van der Waals surface area contributed by atoms with Crippen LogP contribution in [0.2, 0.25) is 5.02 Å². The average molecular weight is 255 g/mol. The monoisotopic (exact) mass is 254 g/mol. The lowest BCUT2D eigenvalue weighted by molar-refractivity contribution is -0.385. The van der Waals surface area contributed by atoms with Crippen molar-refractivity contribution < 1.29 is 9.72 Å². The summed E-state index contributed by atoms with van der Waals surface area (Å²) in [4.78, 5) is 23.4. The molecule has 1 aromatic rings. The SMILES string of the molecule is CC(=O)N1CCc2c(C)c([N+](=O)[O-])cc(Cl)c21. The van der Waals surface area contributed by atoms with Gasteiger partial charge in [0, 0.05) is 25.1 Å². The molecular formula is C11H11ClN2O3. The van der Waals surface area contributed by atoms with Gasteiger partial charge in [-0.15, -0.1) is 0 Å². The summed E-state index contributed by atoms with van der Waals surface area (Å²) in [5.41, 5.74) is 2.04. The van der Waals surface area contributed by atoms with Crippen molar-refractivity contribution in [2.45, 2.75) is 20.3 Å². The lowest BCUT2D eigenvalue weighted by Gasteiger charge is -2.16. The van der Waals surface area contributed by atoms with E-state index in [4.69, 9.17) is 11.6 Å². The molecule has 90 valence electrons. The van der Waals surface area contributed by atoms with Crippen molar-refractivity contribution in [3.8, 4) is 0 Å². The molecule has 1 aromatic carbocycles. The topological polar surface area (TPSA) is 63.5 Å². The maximum absolute atomic E-state index is 11.4. The zero-order chi connectivity index (χ0) is 12.7. The number of nitro benzene ring substituents is 1. The number of carbonyl (C=O) groups is 1. The van der Waals surface area contributed by atoms with E-state index in [9.17, 15) is 14.9 Å². The number of fused-ring (bicyclic) bond motifs is 1. The van der Waals surface area contributed by atoms with Crippen molar-refractivity contribution in [2.75, 3.05) is 11.4 Å². The minimum Gasteiger partial charge on any atom is -0.311 e. The summed E-state index contributed by atoms with van der Waals surface area (Å²) in [5.74, 6) is -0.0982. The molecule has 0 N–H and O–H groups in total. The highest BCUT2D eigenvalue weighted by Gasteiger charge is 2.30. The summed E-state index contributed by atoms with van der Waals surface area (Å²) in [7, 11) is 0. The number of benzene rings is 1. The first-order chi connectivity index (χ1) is 7.93. The van der Waals surface area contributed by atoms with Gasteiger partial charge in [-0.25, -0.2) is 0 Å². The van der Waals surface area contributed by atoms with Crippen molar-refractivity contribution in [3.63, 3.8) is 0 Å². The van der Waals surface area contributed by atoms with Gasteiger partial charge < -0.3 is 4.90 Å². The quantitative estimate of drug-likeness (QED) is 0.571. The minimum atomic E-state index is -0.447. The molecule has 0 radical (unpaired) electrons. The molecule has 1 aliphatic rings. The molecule has 5 nitrogen and oxygen atoms in total. The summed E-state index contributed by atoms with van der Waals surface area (Å²) in [5, 5.41) is 11.1. The largest absolute Gasteiger partial charge is 0.311 e. The Kier molecular flexibility index (Phi) is 2.79. The molecule has 1 heterocycles. The molecule has 17 heavy (non-hydrogen) atoms. The van der Waals surface area contributed by atoms with Crippen LogP contribution < -0.4 is 4.90 Å². The zero-order valence-corrected chi connectivity index (χ0v) is 10.2. The molecule has 0 unspecified atom stereocenters. The van der Waals surface area contributed by atoms with Crippen molar-refractivity contribution in [3.05, 3.63) is 32.3 Å². The van der Waals surface area contributed by atoms with Gasteiger partial charge in [0.2, 0.25) is 5.91 Å². The molecule has 6 heteroatoms. The number of hydrogen-bond acceptors (Lipinski definition) is 3. The second kappa shape index (κ2) is 4.00. The fourth-order valence-electron chi connectivity index (χ4n) is 2.21. The highest BCUT2D eigenvalue weighted by molar-refractivity contribution is 6.34. The summed E-state index contributed by atoms with van der Waals surface area (Å²) >= 11 is 6.03. The molecule has 1 amide bonds. The molecule has 0 atom stereocenters. The number of anilines is 1. The summed E-state index contributed by atoms with van der Waals surface area (Å²) in [6.45, 7) is 3.69. The van der Waals surface area contributed by atoms with Gasteiger partial charge in [-0.1, -0.05) is 11.6 Å². The van der Waals surface area contributed by atoms with E-state index in [1.54, 1.807) is 11.8 Å². The first kappa shape index (κ1) is 11.9. The van der Waals surface area contributed by atoms with Crippen molar-refractivity contribution in [1.82, 2.24) is 0 Å². The Morgan fingerprint density at radius 3 is 2.76 bits per heavy atom. The third-order valence-electron chi connectivity index (χ3n) is 3.04. The Bertz CT molecular complexity index is 528. The van der Waals surface area contributed by atoms with Gasteiger partial charge >= 0.3 is 0 Å². The molecule has 0 saturated carbocycles. The summed E-state index contributed by atoms with van der Waals surface area (Å²) in [6, 6.07) is 1.32. The van der Waals surface area contributed by atoms with Gasteiger partial charge in [0.15, 0.2) is 0 Å². The smallest absolute Gasteiger partial charge is 0.274 e. The van der Waals surface area contributed by atoms with E-state index in [0.717, 1.165) is 5.56 Å². The van der Waals surface area contributed by atoms with Crippen LogP contribution in [0, 0.1) is 17.0 Å². The number of carbonyl (C=O) groups excluding carboxylic acids is 1. The Morgan fingerprint density at radius 1 is 1.59 bits per heavy atom. The number of nitro groups is 1. The van der Waals surface area contributed by atoms with Crippen LogP contribution in [0.1, 0.15) is 18.1 Å². The van der Waals surface area contributed by atoms with Gasteiger partial charge in [0.1, 0.15) is 0 Å². The van der Waals surface area contributed by atoms with Gasteiger partial charge in [-0.2, -0.15) is 0 Å². The first-order valence-electron chi connectivity index (χ1n) is 5.18. The van der Waals surface area contributed by atoms with E-state index in [-0.39, 0.29) is 16.6 Å². The molecule has 0 aromatic heterocycles. The Morgan fingerprint density at radius 2 is 2.24 bits per heavy atom. The van der Waals surface area contributed by atoms with Gasteiger partial charge in [-0.3, -0.25) is 14.9 Å². The van der Waals surface area contributed by atoms with Crippen LogP contribution >= 0.6 is 11.6 Å². The predicted octanol–water partition coefficient (Wildman–Crippen LogP) is 2.47. The molecule has 0 bridgehead atoms. The average Bonchev–Trinajstić information content (AvgIpc) is 2.67. The Labute approximate surface area is 103 Å². The number of hydrogen-bond donors (Lipinski definition) is 0. The Balaban J connectivity index is 2.65. The number of nitrogens with zero attached hydrogens (tertiary/aromatic N) is 2. The molecule has 1 aliphatic heterocycles. The van der Waals surface area contributed by atoms with E-state index in [1.165, 1.54) is 13.0 Å². The van der Waals surface area contributed by atoms with Gasteiger partial charge in [0.05, 0.1) is 15.6 Å². The first-order valence-corrected chi connectivity index (χ1v) is 5.55. The third kappa shape index (κ3) is 1.76. The molecule has 0 fully saturated rings. The van der Waals surface area contributed by atoms with E-state index < -0.39 is 4.92 Å². The maximum atomic E-state index is 11.4. The predicted molar refractivity (Wildman–Crippen MR) is 64.6 cm³/mol. The zero-order valence-electron chi connectivity index (χ0n) is 9.49. The molecule has 0 spiro atoms. The van der Waals surface area contributed by atoms with Crippen molar-refractivity contribution in [2.24, 2.45) is 0 Å². The van der Waals surface area contributed by atoms with Crippen LogP contribution in [-0.2, 0) is 11.2 Å². The number of rotatable bonds is 1. The van der Waals surface area contributed by atoms with E-state index in [0.29, 0.717) is 24.2 Å². The summed E-state index contributed by atoms with van der Waals surface area (Å²) in [6.07, 6.45) is 0.613. The Hall–Kier alpha value is -1.62. The molecule has 0 aliphatic carbocycles. The van der Waals surface area contributed by atoms with Gasteiger partial charge in [0.25, 0.3) is 5.69 Å². The summed E-state index contributed by atoms with van der Waals surface area (Å²) < 4.78 is 0. The second-order valence-electron chi connectivity index (χ2n) is 4.01. The minimum absolute atomic E-state index is 0.0131. The van der Waals surface area contributed by atoms with E-state index >= 15 is 0 Å². The highest BCUT2D eigenvalue weighted by Crippen LogP contribution is 2.41. The molecule has 2 rings (SSSR count). The van der Waals surface area contributed by atoms with Crippen LogP contribution in [0.5, 0.6) is 0 Å². The lowest BCUT2D eigenvalue weighted by Crippen LogP contribution is -2.26. The highest BCUT2D eigenvalue weighted by atomic mass is 35.5.